The Labute approximate surface area is 106 Å². The average molecular weight is 275 g/mol. The molecule has 9 heteroatoms. The maximum Gasteiger partial charge on any atom is 0.205 e. The fraction of sp³-hybridized carbons (Fsp3) is 0.556. The van der Waals surface area contributed by atoms with E-state index in [1.807, 2.05) is 0 Å². The van der Waals surface area contributed by atoms with Crippen LogP contribution in [0.1, 0.15) is 6.42 Å². The van der Waals surface area contributed by atoms with Gasteiger partial charge in [-0.3, -0.25) is 0 Å². The molecule has 0 saturated carbocycles. The van der Waals surface area contributed by atoms with Gasteiger partial charge in [-0.15, -0.1) is 0 Å². The molecule has 0 radical (unpaired) electrons. The van der Waals surface area contributed by atoms with Crippen LogP contribution in [0.25, 0.3) is 0 Å². The number of nitrogens with one attached hydrogen (secondary N) is 2. The van der Waals surface area contributed by atoms with Crippen molar-refractivity contribution in [1.29, 1.82) is 0 Å². The van der Waals surface area contributed by atoms with Crippen molar-refractivity contribution >= 4 is 21.5 Å². The summed E-state index contributed by atoms with van der Waals surface area (Å²) in [4.78, 5) is 7.89. The summed E-state index contributed by atoms with van der Waals surface area (Å²) in [5, 5.41) is 2.98. The number of aromatic nitrogens is 2. The number of rotatable bonds is 7. The van der Waals surface area contributed by atoms with E-state index < -0.39 is 9.84 Å². The molecule has 1 aromatic heterocycles. The summed E-state index contributed by atoms with van der Waals surface area (Å²) in [6.07, 6.45) is 3.02. The number of nitrogens with zero attached hydrogens (tertiary/aromatic N) is 2. The monoisotopic (exact) mass is 275 g/mol. The molecule has 0 spiro atoms. The van der Waals surface area contributed by atoms with Crippen LogP contribution in [0.2, 0.25) is 0 Å². The van der Waals surface area contributed by atoms with Gasteiger partial charge in [-0.25, -0.2) is 24.2 Å². The van der Waals surface area contributed by atoms with Gasteiger partial charge < -0.3 is 15.5 Å². The Hall–Kier alpha value is -1.61. The van der Waals surface area contributed by atoms with Crippen molar-refractivity contribution in [2.45, 2.75) is 6.42 Å². The van der Waals surface area contributed by atoms with Gasteiger partial charge in [-0.1, -0.05) is 0 Å². The fourth-order valence-corrected chi connectivity index (χ4v) is 2.01. The lowest BCUT2D eigenvalue weighted by Gasteiger charge is -2.12. The highest BCUT2D eigenvalue weighted by molar-refractivity contribution is 7.90. The molecule has 0 aliphatic carbocycles. The molecule has 1 heterocycles. The predicted octanol–water partition coefficient (Wildman–Crippen LogP) is -0.383. The van der Waals surface area contributed by atoms with Crippen molar-refractivity contribution in [2.75, 3.05) is 36.4 Å². The number of hydrogen-bond acceptors (Lipinski definition) is 8. The van der Waals surface area contributed by atoms with Crippen molar-refractivity contribution < 1.29 is 13.2 Å². The number of nitrogens with two attached hydrogens (primary N) is 1. The number of hydrazine groups is 1. The molecule has 102 valence electrons. The zero-order chi connectivity index (χ0) is 13.6. The molecule has 4 N–H and O–H groups in total. The normalized spacial score (nSPS) is 11.1. The second-order valence-electron chi connectivity index (χ2n) is 3.66. The maximum absolute atomic E-state index is 11.0. The minimum Gasteiger partial charge on any atom is -0.490 e. The van der Waals surface area contributed by atoms with Crippen LogP contribution < -0.4 is 21.3 Å². The van der Waals surface area contributed by atoms with Crippen molar-refractivity contribution in [3.63, 3.8) is 0 Å². The zero-order valence-corrected chi connectivity index (χ0v) is 11.1. The Bertz CT molecular complexity index is 491. The third kappa shape index (κ3) is 4.34. The first-order valence-corrected chi connectivity index (χ1v) is 7.31. The number of sulfone groups is 1. The Balaban J connectivity index is 2.62. The van der Waals surface area contributed by atoms with Crippen molar-refractivity contribution in [3.05, 3.63) is 6.33 Å². The number of ether oxygens (including phenoxy) is 1. The summed E-state index contributed by atoms with van der Waals surface area (Å²) in [6.45, 7) is 0.463. The average Bonchev–Trinajstić information content (AvgIpc) is 2.32. The lowest BCUT2D eigenvalue weighted by molar-refractivity contribution is 0.414. The minimum atomic E-state index is -2.94. The summed E-state index contributed by atoms with van der Waals surface area (Å²) >= 11 is 0. The Morgan fingerprint density at radius 3 is 2.61 bits per heavy atom. The lowest BCUT2D eigenvalue weighted by atomic mass is 10.4. The van der Waals surface area contributed by atoms with Gasteiger partial charge in [0.15, 0.2) is 11.6 Å². The standard InChI is InChI=1S/C9H17N5O3S/c1-17-7-8(12-6-13-9(7)14-10)11-4-3-5-18(2,15)16/h6H,3-5,10H2,1-2H3,(H2,11,12,13,14). The smallest absolute Gasteiger partial charge is 0.205 e. The van der Waals surface area contributed by atoms with E-state index in [1.54, 1.807) is 0 Å². The van der Waals surface area contributed by atoms with Gasteiger partial charge in [-0.2, -0.15) is 0 Å². The van der Waals surface area contributed by atoms with Gasteiger partial charge in [0, 0.05) is 12.8 Å². The van der Waals surface area contributed by atoms with Gasteiger partial charge >= 0.3 is 0 Å². The summed E-state index contributed by atoms with van der Waals surface area (Å²) in [7, 11) is -1.47. The van der Waals surface area contributed by atoms with E-state index in [9.17, 15) is 8.42 Å². The summed E-state index contributed by atoms with van der Waals surface area (Å²) in [5.41, 5.74) is 2.39. The van der Waals surface area contributed by atoms with E-state index in [0.29, 0.717) is 30.4 Å². The van der Waals surface area contributed by atoms with E-state index in [4.69, 9.17) is 10.6 Å². The zero-order valence-electron chi connectivity index (χ0n) is 10.3. The van der Waals surface area contributed by atoms with Gasteiger partial charge in [0.1, 0.15) is 16.2 Å². The van der Waals surface area contributed by atoms with Crippen LogP contribution in [0, 0.1) is 0 Å². The fourth-order valence-electron chi connectivity index (χ4n) is 1.34. The third-order valence-corrected chi connectivity index (χ3v) is 3.16. The highest BCUT2D eigenvalue weighted by atomic mass is 32.2. The molecule has 0 unspecified atom stereocenters. The maximum atomic E-state index is 11.0. The molecule has 18 heavy (non-hydrogen) atoms. The Kier molecular flexibility index (Phi) is 5.10. The van der Waals surface area contributed by atoms with Gasteiger partial charge in [-0.05, 0) is 6.42 Å². The van der Waals surface area contributed by atoms with Gasteiger partial charge in [0.25, 0.3) is 0 Å². The molecular formula is C9H17N5O3S. The first-order valence-electron chi connectivity index (χ1n) is 5.25. The van der Waals surface area contributed by atoms with E-state index in [1.165, 1.54) is 19.7 Å². The SMILES string of the molecule is COc1c(NN)ncnc1NCCCS(C)(=O)=O. The summed E-state index contributed by atoms with van der Waals surface area (Å²) in [6, 6.07) is 0. The molecular weight excluding hydrogens is 258 g/mol. The molecule has 0 atom stereocenters. The third-order valence-electron chi connectivity index (χ3n) is 2.13. The van der Waals surface area contributed by atoms with E-state index in [-0.39, 0.29) is 5.75 Å². The molecule has 0 aliphatic heterocycles. The molecule has 8 nitrogen and oxygen atoms in total. The van der Waals surface area contributed by atoms with Crippen LogP contribution in [-0.4, -0.2) is 44.0 Å². The highest BCUT2D eigenvalue weighted by Gasteiger charge is 2.10. The number of nitrogen functional groups attached to an aromatic ring is 1. The second kappa shape index (κ2) is 6.36. The van der Waals surface area contributed by atoms with Crippen LogP contribution in [0.5, 0.6) is 5.75 Å². The Morgan fingerprint density at radius 2 is 2.06 bits per heavy atom. The largest absolute Gasteiger partial charge is 0.490 e. The van der Waals surface area contributed by atoms with E-state index in [0.717, 1.165) is 0 Å². The summed E-state index contributed by atoms with van der Waals surface area (Å²) in [5.74, 6) is 6.61. The lowest BCUT2D eigenvalue weighted by Crippen LogP contribution is -2.14. The van der Waals surface area contributed by atoms with Crippen LogP contribution in [0.4, 0.5) is 11.6 Å². The van der Waals surface area contributed by atoms with Crippen molar-refractivity contribution in [2.24, 2.45) is 5.84 Å². The predicted molar refractivity (Wildman–Crippen MR) is 69.2 cm³/mol. The quantitative estimate of drug-likeness (QED) is 0.350. The van der Waals surface area contributed by atoms with E-state index >= 15 is 0 Å². The molecule has 1 aromatic rings. The number of anilines is 2. The van der Waals surface area contributed by atoms with Gasteiger partial charge in [0.05, 0.1) is 12.9 Å². The van der Waals surface area contributed by atoms with Gasteiger partial charge in [0.2, 0.25) is 5.75 Å². The summed E-state index contributed by atoms with van der Waals surface area (Å²) < 4.78 is 27.0. The molecule has 0 aromatic carbocycles. The molecule has 0 bridgehead atoms. The highest BCUT2D eigenvalue weighted by Crippen LogP contribution is 2.27. The Morgan fingerprint density at radius 1 is 1.39 bits per heavy atom. The van der Waals surface area contributed by atoms with Crippen LogP contribution >= 0.6 is 0 Å². The molecule has 0 saturated heterocycles. The van der Waals surface area contributed by atoms with E-state index in [2.05, 4.69) is 20.7 Å². The van der Waals surface area contributed by atoms with Crippen LogP contribution in [0.15, 0.2) is 6.33 Å². The molecule has 0 amide bonds. The van der Waals surface area contributed by atoms with Crippen LogP contribution in [0.3, 0.4) is 0 Å². The second-order valence-corrected chi connectivity index (χ2v) is 5.92. The first kappa shape index (κ1) is 14.5. The number of hydrogen-bond donors (Lipinski definition) is 3. The van der Waals surface area contributed by atoms with Crippen LogP contribution in [-0.2, 0) is 9.84 Å². The minimum absolute atomic E-state index is 0.120. The topological polar surface area (TPSA) is 119 Å². The molecule has 0 aliphatic rings. The first-order chi connectivity index (χ1) is 8.48. The molecule has 0 fully saturated rings. The number of methoxy groups -OCH3 is 1. The molecule has 1 rings (SSSR count). The van der Waals surface area contributed by atoms with Crippen molar-refractivity contribution in [1.82, 2.24) is 9.97 Å². The van der Waals surface area contributed by atoms with Crippen molar-refractivity contribution in [3.8, 4) is 5.75 Å².